The zero-order valence-corrected chi connectivity index (χ0v) is 10.4. The lowest BCUT2D eigenvalue weighted by Gasteiger charge is -2.18. The largest absolute Gasteiger partial charge is 0.355 e. The Morgan fingerprint density at radius 3 is 2.93 bits per heavy atom. The van der Waals surface area contributed by atoms with Crippen LogP contribution in [0.5, 0.6) is 0 Å². The third-order valence-corrected chi connectivity index (χ3v) is 3.32. The normalized spacial score (nSPS) is 27.0. The molecule has 0 aromatic heterocycles. The summed E-state index contributed by atoms with van der Waals surface area (Å²) in [5, 5.41) is 0. The van der Waals surface area contributed by atoms with Gasteiger partial charge in [-0.05, 0) is 41.9 Å². The number of aliphatic imine (C=N–C) groups is 1. The minimum absolute atomic E-state index is 0.0360. The summed E-state index contributed by atoms with van der Waals surface area (Å²) >= 11 is 3.39. The second kappa shape index (κ2) is 5.77. The summed E-state index contributed by atoms with van der Waals surface area (Å²) in [4.78, 5) is 6.75. The zero-order chi connectivity index (χ0) is 10.5. The number of rotatable bonds is 4. The molecule has 2 aliphatic heterocycles. The van der Waals surface area contributed by atoms with Crippen LogP contribution in [-0.4, -0.2) is 43.6 Å². The van der Waals surface area contributed by atoms with Gasteiger partial charge in [0.05, 0.1) is 6.61 Å². The molecule has 3 nitrogen and oxygen atoms in total. The molecule has 2 heterocycles. The molecule has 4 heteroatoms. The fourth-order valence-corrected chi connectivity index (χ4v) is 2.22. The molecule has 0 bridgehead atoms. The molecule has 0 amide bonds. The average molecular weight is 273 g/mol. The second-order valence-electron chi connectivity index (χ2n) is 3.98. The van der Waals surface area contributed by atoms with E-state index in [4.69, 9.17) is 4.74 Å². The van der Waals surface area contributed by atoms with Crippen molar-refractivity contribution in [2.75, 3.05) is 26.2 Å². The summed E-state index contributed by atoms with van der Waals surface area (Å²) in [7, 11) is 0. The molecule has 0 N–H and O–H groups in total. The van der Waals surface area contributed by atoms with E-state index in [0.717, 1.165) is 24.1 Å². The highest BCUT2D eigenvalue weighted by Gasteiger charge is 2.13. The van der Waals surface area contributed by atoms with Crippen molar-refractivity contribution in [2.45, 2.75) is 25.5 Å². The van der Waals surface area contributed by atoms with Crippen molar-refractivity contribution in [3.63, 3.8) is 0 Å². The molecule has 1 saturated heterocycles. The lowest BCUT2D eigenvalue weighted by Crippen LogP contribution is -2.26. The molecule has 0 saturated carbocycles. The molecule has 0 spiro atoms. The Balaban J connectivity index is 1.60. The first kappa shape index (κ1) is 11.3. The summed E-state index contributed by atoms with van der Waals surface area (Å²) in [6.45, 7) is 4.33. The van der Waals surface area contributed by atoms with Crippen LogP contribution in [-0.2, 0) is 4.74 Å². The smallest absolute Gasteiger partial charge is 0.151 e. The number of dihydropyridines is 1. The monoisotopic (exact) mass is 272 g/mol. The molecule has 84 valence electrons. The van der Waals surface area contributed by atoms with Crippen molar-refractivity contribution in [3.8, 4) is 0 Å². The van der Waals surface area contributed by atoms with E-state index in [1.165, 1.54) is 25.9 Å². The highest BCUT2D eigenvalue weighted by Crippen LogP contribution is 2.14. The maximum atomic E-state index is 5.69. The molecule has 0 aromatic carbocycles. The topological polar surface area (TPSA) is 24.8 Å². The third-order valence-electron chi connectivity index (χ3n) is 2.80. The summed E-state index contributed by atoms with van der Waals surface area (Å²) in [5.41, 5.74) is 0. The van der Waals surface area contributed by atoms with Crippen LogP contribution in [0.1, 0.15) is 19.3 Å². The van der Waals surface area contributed by atoms with Crippen LogP contribution in [0.25, 0.3) is 0 Å². The van der Waals surface area contributed by atoms with Crippen molar-refractivity contribution in [1.82, 2.24) is 4.90 Å². The number of allylic oxidation sites excluding steroid dienone is 1. The fourth-order valence-electron chi connectivity index (χ4n) is 1.92. The minimum Gasteiger partial charge on any atom is -0.355 e. The van der Waals surface area contributed by atoms with Crippen LogP contribution >= 0.6 is 15.9 Å². The predicted octanol–water partition coefficient (Wildman–Crippen LogP) is 2.18. The van der Waals surface area contributed by atoms with E-state index in [-0.39, 0.29) is 6.23 Å². The van der Waals surface area contributed by atoms with E-state index >= 15 is 0 Å². The minimum atomic E-state index is 0.0360. The summed E-state index contributed by atoms with van der Waals surface area (Å²) < 4.78 is 6.75. The van der Waals surface area contributed by atoms with Crippen molar-refractivity contribution in [1.29, 1.82) is 0 Å². The lowest BCUT2D eigenvalue weighted by atomic mass is 10.3. The number of nitrogens with zero attached hydrogens (tertiary/aromatic N) is 2. The first-order valence-electron chi connectivity index (χ1n) is 5.57. The fraction of sp³-hybridized carbons (Fsp3) is 0.727. The Bertz CT molecular complexity index is 259. The van der Waals surface area contributed by atoms with Crippen LogP contribution in [0.4, 0.5) is 0 Å². The van der Waals surface area contributed by atoms with Gasteiger partial charge in [0.1, 0.15) is 0 Å². The Labute approximate surface area is 99.3 Å². The quantitative estimate of drug-likeness (QED) is 0.784. The van der Waals surface area contributed by atoms with Crippen LogP contribution in [0, 0.1) is 0 Å². The average Bonchev–Trinajstić information content (AvgIpc) is 2.74. The van der Waals surface area contributed by atoms with Crippen LogP contribution in [0.15, 0.2) is 15.6 Å². The van der Waals surface area contributed by atoms with Gasteiger partial charge in [0.25, 0.3) is 0 Å². The van der Waals surface area contributed by atoms with Crippen LogP contribution < -0.4 is 0 Å². The van der Waals surface area contributed by atoms with E-state index in [0.29, 0.717) is 0 Å². The van der Waals surface area contributed by atoms with E-state index in [2.05, 4.69) is 31.9 Å². The molecule has 15 heavy (non-hydrogen) atoms. The first-order valence-corrected chi connectivity index (χ1v) is 6.37. The van der Waals surface area contributed by atoms with Crippen molar-refractivity contribution in [3.05, 3.63) is 10.6 Å². The number of hydrogen-bond donors (Lipinski definition) is 0. The number of hydrogen-bond acceptors (Lipinski definition) is 3. The van der Waals surface area contributed by atoms with Gasteiger partial charge in [0, 0.05) is 23.7 Å². The van der Waals surface area contributed by atoms with E-state index in [1.54, 1.807) is 0 Å². The van der Waals surface area contributed by atoms with Gasteiger partial charge in [-0.25, -0.2) is 0 Å². The Hall–Kier alpha value is -0.190. The summed E-state index contributed by atoms with van der Waals surface area (Å²) in [5.74, 6) is 0. The predicted molar refractivity (Wildman–Crippen MR) is 65.5 cm³/mol. The lowest BCUT2D eigenvalue weighted by molar-refractivity contribution is 0.0480. The van der Waals surface area contributed by atoms with Gasteiger partial charge in [-0.3, -0.25) is 4.99 Å². The van der Waals surface area contributed by atoms with Gasteiger partial charge in [-0.2, -0.15) is 0 Å². The Morgan fingerprint density at radius 1 is 1.47 bits per heavy atom. The molecular formula is C11H17BrN2O. The van der Waals surface area contributed by atoms with Crippen molar-refractivity contribution >= 4 is 22.1 Å². The van der Waals surface area contributed by atoms with Crippen molar-refractivity contribution < 1.29 is 4.74 Å². The Kier molecular flexibility index (Phi) is 4.35. The molecule has 0 aromatic rings. The highest BCUT2D eigenvalue weighted by molar-refractivity contribution is 9.12. The van der Waals surface area contributed by atoms with Gasteiger partial charge >= 0.3 is 0 Å². The molecule has 1 fully saturated rings. The van der Waals surface area contributed by atoms with Gasteiger partial charge in [-0.15, -0.1) is 0 Å². The second-order valence-corrected chi connectivity index (χ2v) is 4.89. The van der Waals surface area contributed by atoms with E-state index in [9.17, 15) is 0 Å². The zero-order valence-electron chi connectivity index (χ0n) is 8.86. The number of ether oxygens (including phenoxy) is 1. The third kappa shape index (κ3) is 3.70. The molecule has 1 atom stereocenters. The number of halogens is 1. The molecular weight excluding hydrogens is 256 g/mol. The first-order chi connectivity index (χ1) is 7.34. The molecule has 2 rings (SSSR count). The van der Waals surface area contributed by atoms with E-state index in [1.807, 2.05) is 6.21 Å². The molecule has 1 unspecified atom stereocenters. The van der Waals surface area contributed by atoms with Gasteiger partial charge in [0.2, 0.25) is 0 Å². The SMILES string of the molecule is BrC1=CCC(OCCN2CCCC2)N=C1. The van der Waals surface area contributed by atoms with Crippen molar-refractivity contribution in [2.24, 2.45) is 4.99 Å². The van der Waals surface area contributed by atoms with Crippen LogP contribution in [0.2, 0.25) is 0 Å². The van der Waals surface area contributed by atoms with Gasteiger partial charge < -0.3 is 9.64 Å². The molecule has 2 aliphatic rings. The maximum Gasteiger partial charge on any atom is 0.151 e. The maximum absolute atomic E-state index is 5.69. The Morgan fingerprint density at radius 2 is 2.27 bits per heavy atom. The standard InChI is InChI=1S/C11H17BrN2O/c12-10-3-4-11(13-9-10)15-8-7-14-5-1-2-6-14/h3,9,11H,1-2,4-8H2. The summed E-state index contributed by atoms with van der Waals surface area (Å²) in [6, 6.07) is 0. The highest BCUT2D eigenvalue weighted by atomic mass is 79.9. The molecule has 0 radical (unpaired) electrons. The summed E-state index contributed by atoms with van der Waals surface area (Å²) in [6.07, 6.45) is 7.54. The van der Waals surface area contributed by atoms with Gasteiger partial charge in [-0.1, -0.05) is 6.08 Å². The molecule has 0 aliphatic carbocycles. The van der Waals surface area contributed by atoms with Crippen LogP contribution in [0.3, 0.4) is 0 Å². The van der Waals surface area contributed by atoms with Gasteiger partial charge in [0.15, 0.2) is 6.23 Å². The number of likely N-dealkylation sites (tertiary alicyclic amines) is 1. The van der Waals surface area contributed by atoms with E-state index < -0.39 is 0 Å².